The SMILES string of the molecule is Cc1cc(/C(N)=N\O)cc(C)c1CCC(=O)O. The van der Waals surface area contributed by atoms with Gasteiger partial charge in [-0.25, -0.2) is 0 Å². The van der Waals surface area contributed by atoms with Crippen molar-refractivity contribution < 1.29 is 15.1 Å². The number of carboxylic acids is 1. The van der Waals surface area contributed by atoms with Crippen LogP contribution in [0.1, 0.15) is 28.7 Å². The van der Waals surface area contributed by atoms with Crippen LogP contribution in [0.4, 0.5) is 0 Å². The number of hydrogen-bond acceptors (Lipinski definition) is 3. The highest BCUT2D eigenvalue weighted by Crippen LogP contribution is 2.18. The van der Waals surface area contributed by atoms with Gasteiger partial charge in [0.2, 0.25) is 0 Å². The van der Waals surface area contributed by atoms with E-state index in [2.05, 4.69) is 5.16 Å². The van der Waals surface area contributed by atoms with E-state index in [-0.39, 0.29) is 12.3 Å². The van der Waals surface area contributed by atoms with Crippen molar-refractivity contribution in [2.24, 2.45) is 10.9 Å². The van der Waals surface area contributed by atoms with E-state index >= 15 is 0 Å². The fourth-order valence-electron chi connectivity index (χ4n) is 1.83. The molecule has 0 unspecified atom stereocenters. The third-order valence-corrected chi connectivity index (χ3v) is 2.69. The first kappa shape index (κ1) is 13.0. The van der Waals surface area contributed by atoms with Crippen molar-refractivity contribution in [2.75, 3.05) is 0 Å². The molecule has 0 atom stereocenters. The summed E-state index contributed by atoms with van der Waals surface area (Å²) in [4.78, 5) is 10.5. The Bertz CT molecular complexity index is 444. The second-order valence-corrected chi connectivity index (χ2v) is 3.97. The molecular weight excluding hydrogens is 220 g/mol. The number of carboxylic acid groups (broad SMARTS) is 1. The van der Waals surface area contributed by atoms with Gasteiger partial charge in [0.15, 0.2) is 5.84 Å². The first-order chi connectivity index (χ1) is 7.95. The summed E-state index contributed by atoms with van der Waals surface area (Å²) in [5.41, 5.74) is 9.06. The number of nitrogens with two attached hydrogens (primary N) is 1. The summed E-state index contributed by atoms with van der Waals surface area (Å²) < 4.78 is 0. The Morgan fingerprint density at radius 2 is 1.88 bits per heavy atom. The third-order valence-electron chi connectivity index (χ3n) is 2.69. The fraction of sp³-hybridized carbons (Fsp3) is 0.333. The first-order valence-electron chi connectivity index (χ1n) is 5.25. The van der Waals surface area contributed by atoms with Crippen LogP contribution in [-0.4, -0.2) is 22.1 Å². The Hall–Kier alpha value is -2.04. The number of amidine groups is 1. The van der Waals surface area contributed by atoms with Gasteiger partial charge in [-0.2, -0.15) is 0 Å². The molecule has 0 saturated heterocycles. The molecule has 0 radical (unpaired) electrons. The van der Waals surface area contributed by atoms with Gasteiger partial charge in [0.25, 0.3) is 0 Å². The topological polar surface area (TPSA) is 95.9 Å². The zero-order valence-corrected chi connectivity index (χ0v) is 9.90. The lowest BCUT2D eigenvalue weighted by atomic mass is 9.95. The molecule has 92 valence electrons. The quantitative estimate of drug-likeness (QED) is 0.319. The van der Waals surface area contributed by atoms with Crippen molar-refractivity contribution >= 4 is 11.8 Å². The van der Waals surface area contributed by atoms with Crippen LogP contribution in [0, 0.1) is 13.8 Å². The Kier molecular flexibility index (Phi) is 4.09. The van der Waals surface area contributed by atoms with Crippen LogP contribution in [0.3, 0.4) is 0 Å². The number of oxime groups is 1. The number of benzene rings is 1. The molecule has 5 nitrogen and oxygen atoms in total. The summed E-state index contributed by atoms with van der Waals surface area (Å²) >= 11 is 0. The standard InChI is InChI=1S/C12H16N2O3/c1-7-5-9(12(13)14-17)6-8(2)10(7)3-4-11(15)16/h5-6,17H,3-4H2,1-2H3,(H2,13,14)(H,15,16). The van der Waals surface area contributed by atoms with Crippen LogP contribution in [0.5, 0.6) is 0 Å². The number of rotatable bonds is 4. The Morgan fingerprint density at radius 3 is 2.29 bits per heavy atom. The van der Waals surface area contributed by atoms with Crippen LogP contribution in [0.2, 0.25) is 0 Å². The minimum Gasteiger partial charge on any atom is -0.481 e. The number of aryl methyl sites for hydroxylation is 2. The van der Waals surface area contributed by atoms with Gasteiger partial charge in [-0.05, 0) is 49.1 Å². The highest BCUT2D eigenvalue weighted by Gasteiger charge is 2.09. The lowest BCUT2D eigenvalue weighted by Gasteiger charge is -2.11. The predicted octanol–water partition coefficient (Wildman–Crippen LogP) is 1.42. The molecule has 0 aliphatic rings. The molecule has 5 heteroatoms. The lowest BCUT2D eigenvalue weighted by molar-refractivity contribution is -0.136. The summed E-state index contributed by atoms with van der Waals surface area (Å²) in [5.74, 6) is -0.759. The van der Waals surface area contributed by atoms with Crippen LogP contribution in [0.15, 0.2) is 17.3 Å². The first-order valence-corrected chi connectivity index (χ1v) is 5.25. The van der Waals surface area contributed by atoms with Crippen molar-refractivity contribution in [2.45, 2.75) is 26.7 Å². The van der Waals surface area contributed by atoms with E-state index in [1.807, 2.05) is 13.8 Å². The second-order valence-electron chi connectivity index (χ2n) is 3.97. The number of aliphatic carboxylic acids is 1. The lowest BCUT2D eigenvalue weighted by Crippen LogP contribution is -2.14. The molecule has 0 saturated carbocycles. The molecule has 1 rings (SSSR count). The van der Waals surface area contributed by atoms with E-state index in [1.165, 1.54) is 0 Å². The fourth-order valence-corrected chi connectivity index (χ4v) is 1.83. The van der Waals surface area contributed by atoms with Crippen LogP contribution >= 0.6 is 0 Å². The van der Waals surface area contributed by atoms with E-state index in [0.717, 1.165) is 16.7 Å². The molecule has 1 aromatic rings. The van der Waals surface area contributed by atoms with E-state index in [0.29, 0.717) is 12.0 Å². The van der Waals surface area contributed by atoms with Crippen molar-refractivity contribution in [1.29, 1.82) is 0 Å². The highest BCUT2D eigenvalue weighted by molar-refractivity contribution is 5.97. The summed E-state index contributed by atoms with van der Waals surface area (Å²) in [6.45, 7) is 3.77. The number of nitrogens with zero attached hydrogens (tertiary/aromatic N) is 1. The molecular formula is C12H16N2O3. The Morgan fingerprint density at radius 1 is 1.35 bits per heavy atom. The van der Waals surface area contributed by atoms with Crippen LogP contribution < -0.4 is 5.73 Å². The highest BCUT2D eigenvalue weighted by atomic mass is 16.4. The number of carbonyl (C=O) groups is 1. The molecule has 0 aromatic heterocycles. The zero-order valence-electron chi connectivity index (χ0n) is 9.90. The Labute approximate surface area is 99.6 Å². The minimum absolute atomic E-state index is 0.0565. The zero-order chi connectivity index (χ0) is 13.0. The van der Waals surface area contributed by atoms with E-state index in [9.17, 15) is 4.79 Å². The van der Waals surface area contributed by atoms with Gasteiger partial charge in [-0.3, -0.25) is 4.79 Å². The van der Waals surface area contributed by atoms with E-state index in [1.54, 1.807) is 12.1 Å². The maximum Gasteiger partial charge on any atom is 0.303 e. The maximum atomic E-state index is 10.5. The van der Waals surface area contributed by atoms with Gasteiger partial charge in [0.05, 0.1) is 0 Å². The molecule has 0 aliphatic carbocycles. The molecule has 0 spiro atoms. The summed E-state index contributed by atoms with van der Waals surface area (Å²) in [7, 11) is 0. The van der Waals surface area contributed by atoms with Crippen LogP contribution in [-0.2, 0) is 11.2 Å². The van der Waals surface area contributed by atoms with E-state index in [4.69, 9.17) is 16.0 Å². The van der Waals surface area contributed by atoms with Gasteiger partial charge in [-0.15, -0.1) is 0 Å². The molecule has 0 bridgehead atoms. The normalized spacial score (nSPS) is 11.5. The largest absolute Gasteiger partial charge is 0.481 e. The van der Waals surface area contributed by atoms with Crippen LogP contribution in [0.25, 0.3) is 0 Å². The molecule has 0 fully saturated rings. The molecule has 1 aromatic carbocycles. The van der Waals surface area contributed by atoms with Gasteiger partial charge in [0.1, 0.15) is 0 Å². The smallest absolute Gasteiger partial charge is 0.303 e. The summed E-state index contributed by atoms with van der Waals surface area (Å²) in [6, 6.07) is 3.58. The number of hydrogen-bond donors (Lipinski definition) is 3. The summed E-state index contributed by atoms with van der Waals surface area (Å²) in [6.07, 6.45) is 0.591. The third kappa shape index (κ3) is 3.21. The monoisotopic (exact) mass is 236 g/mol. The second kappa shape index (κ2) is 5.34. The Balaban J connectivity index is 3.06. The molecule has 0 aliphatic heterocycles. The predicted molar refractivity (Wildman–Crippen MR) is 64.4 cm³/mol. The van der Waals surface area contributed by atoms with E-state index < -0.39 is 5.97 Å². The average Bonchev–Trinajstić information content (AvgIpc) is 2.26. The van der Waals surface area contributed by atoms with Gasteiger partial charge in [-0.1, -0.05) is 5.16 Å². The molecule has 4 N–H and O–H groups in total. The molecule has 17 heavy (non-hydrogen) atoms. The maximum absolute atomic E-state index is 10.5. The summed E-state index contributed by atoms with van der Waals surface area (Å²) in [5, 5.41) is 20.2. The van der Waals surface area contributed by atoms with Crippen molar-refractivity contribution in [3.8, 4) is 0 Å². The van der Waals surface area contributed by atoms with Crippen molar-refractivity contribution in [3.63, 3.8) is 0 Å². The average molecular weight is 236 g/mol. The van der Waals surface area contributed by atoms with Gasteiger partial charge >= 0.3 is 5.97 Å². The minimum atomic E-state index is -0.815. The molecule has 0 heterocycles. The van der Waals surface area contributed by atoms with Crippen molar-refractivity contribution in [3.05, 3.63) is 34.4 Å². The van der Waals surface area contributed by atoms with Gasteiger partial charge in [0, 0.05) is 12.0 Å². The molecule has 0 amide bonds. The van der Waals surface area contributed by atoms with Crippen molar-refractivity contribution in [1.82, 2.24) is 0 Å². The van der Waals surface area contributed by atoms with Gasteiger partial charge < -0.3 is 16.0 Å².